The largest absolute Gasteiger partial charge is 0.360 e. The van der Waals surface area contributed by atoms with E-state index in [1.54, 1.807) is 30.0 Å². The van der Waals surface area contributed by atoms with Crippen molar-refractivity contribution in [3.8, 4) is 0 Å². The number of benzene rings is 1. The molecule has 7 heteroatoms. The van der Waals surface area contributed by atoms with Crippen molar-refractivity contribution in [2.24, 2.45) is 0 Å². The molecule has 1 aromatic carbocycles. The Balaban J connectivity index is 1.73. The number of nitrogens with one attached hydrogen (secondary N) is 1. The van der Waals surface area contributed by atoms with E-state index in [4.69, 9.17) is 4.52 Å². The van der Waals surface area contributed by atoms with Gasteiger partial charge in [-0.1, -0.05) is 21.1 Å². The fourth-order valence-corrected chi connectivity index (χ4v) is 2.94. The Morgan fingerprint density at radius 2 is 2.09 bits per heavy atom. The van der Waals surface area contributed by atoms with E-state index in [2.05, 4.69) is 26.4 Å². The highest BCUT2D eigenvalue weighted by molar-refractivity contribution is 9.10. The zero-order valence-electron chi connectivity index (χ0n) is 12.6. The van der Waals surface area contributed by atoms with Crippen LogP contribution in [0.3, 0.4) is 0 Å². The summed E-state index contributed by atoms with van der Waals surface area (Å²) in [5.74, 6) is 0.623. The van der Waals surface area contributed by atoms with Crippen LogP contribution in [0.4, 0.5) is 5.82 Å². The zero-order chi connectivity index (χ0) is 16.4. The van der Waals surface area contributed by atoms with E-state index in [0.717, 1.165) is 10.9 Å². The summed E-state index contributed by atoms with van der Waals surface area (Å²) >= 11 is 3.35. The van der Waals surface area contributed by atoms with Gasteiger partial charge in [0.1, 0.15) is 11.8 Å². The van der Waals surface area contributed by atoms with Crippen molar-refractivity contribution in [1.82, 2.24) is 10.1 Å². The minimum atomic E-state index is -0.483. The lowest BCUT2D eigenvalue weighted by Gasteiger charge is -2.23. The van der Waals surface area contributed by atoms with Crippen LogP contribution in [-0.2, 0) is 4.79 Å². The standard InChI is InChI=1S/C16H16BrN3O3/c1-10-9-14(19-23-10)18-15(21)13-3-2-8-20(13)16(22)11-4-6-12(17)7-5-11/h4-7,9,13H,2-3,8H2,1H3,(H,18,19,21)/t13-/m0/s1. The van der Waals surface area contributed by atoms with Gasteiger partial charge in [-0.05, 0) is 44.0 Å². The van der Waals surface area contributed by atoms with E-state index in [9.17, 15) is 9.59 Å². The van der Waals surface area contributed by atoms with Crippen molar-refractivity contribution in [3.05, 3.63) is 46.1 Å². The first-order valence-corrected chi connectivity index (χ1v) is 8.14. The molecule has 3 rings (SSSR count). The first-order chi connectivity index (χ1) is 11.0. The fourth-order valence-electron chi connectivity index (χ4n) is 2.68. The summed E-state index contributed by atoms with van der Waals surface area (Å²) in [5.41, 5.74) is 0.574. The Kier molecular flexibility index (Phi) is 4.47. The number of likely N-dealkylation sites (tertiary alicyclic amines) is 1. The average Bonchev–Trinajstić information content (AvgIpc) is 3.16. The Hall–Kier alpha value is -2.15. The lowest BCUT2D eigenvalue weighted by Crippen LogP contribution is -2.43. The molecule has 0 saturated carbocycles. The second-order valence-electron chi connectivity index (χ2n) is 5.48. The first-order valence-electron chi connectivity index (χ1n) is 7.35. The summed E-state index contributed by atoms with van der Waals surface area (Å²) < 4.78 is 5.84. The summed E-state index contributed by atoms with van der Waals surface area (Å²) in [6.45, 7) is 2.33. The Morgan fingerprint density at radius 1 is 1.35 bits per heavy atom. The minimum absolute atomic E-state index is 0.133. The molecule has 23 heavy (non-hydrogen) atoms. The number of nitrogens with zero attached hydrogens (tertiary/aromatic N) is 2. The minimum Gasteiger partial charge on any atom is -0.360 e. The molecular formula is C16H16BrN3O3. The van der Waals surface area contributed by atoms with Crippen LogP contribution in [0.15, 0.2) is 39.3 Å². The lowest BCUT2D eigenvalue weighted by atomic mass is 10.1. The molecule has 6 nitrogen and oxygen atoms in total. The van der Waals surface area contributed by atoms with Crippen LogP contribution in [0.1, 0.15) is 29.0 Å². The van der Waals surface area contributed by atoms with E-state index < -0.39 is 6.04 Å². The maximum atomic E-state index is 12.6. The number of hydrogen-bond acceptors (Lipinski definition) is 4. The quantitative estimate of drug-likeness (QED) is 0.891. The van der Waals surface area contributed by atoms with Gasteiger partial charge >= 0.3 is 0 Å². The molecule has 0 radical (unpaired) electrons. The van der Waals surface area contributed by atoms with Gasteiger partial charge in [-0.2, -0.15) is 0 Å². The molecule has 1 saturated heterocycles. The molecule has 0 aliphatic carbocycles. The van der Waals surface area contributed by atoms with Gasteiger partial charge in [-0.3, -0.25) is 9.59 Å². The van der Waals surface area contributed by atoms with Gasteiger partial charge in [0.2, 0.25) is 5.91 Å². The van der Waals surface area contributed by atoms with Crippen molar-refractivity contribution < 1.29 is 14.1 Å². The van der Waals surface area contributed by atoms with Gasteiger partial charge in [0, 0.05) is 22.6 Å². The van der Waals surface area contributed by atoms with E-state index in [1.807, 2.05) is 12.1 Å². The number of anilines is 1. The summed E-state index contributed by atoms with van der Waals surface area (Å²) in [5, 5.41) is 6.45. The summed E-state index contributed by atoms with van der Waals surface area (Å²) in [6, 6.07) is 8.30. The normalized spacial score (nSPS) is 17.3. The van der Waals surface area contributed by atoms with Crippen LogP contribution in [0.25, 0.3) is 0 Å². The molecule has 120 valence electrons. The van der Waals surface area contributed by atoms with Gasteiger partial charge < -0.3 is 14.7 Å². The molecule has 1 fully saturated rings. The third-order valence-corrected chi connectivity index (χ3v) is 4.32. The second-order valence-corrected chi connectivity index (χ2v) is 6.39. The Labute approximate surface area is 142 Å². The molecule has 1 aliphatic rings. The maximum Gasteiger partial charge on any atom is 0.254 e. The van der Waals surface area contributed by atoms with Crippen molar-refractivity contribution in [1.29, 1.82) is 0 Å². The number of halogens is 1. The molecule has 1 N–H and O–H groups in total. The highest BCUT2D eigenvalue weighted by Gasteiger charge is 2.34. The molecule has 0 unspecified atom stereocenters. The fraction of sp³-hybridized carbons (Fsp3) is 0.312. The van der Waals surface area contributed by atoms with Crippen molar-refractivity contribution in [2.75, 3.05) is 11.9 Å². The average molecular weight is 378 g/mol. The molecular weight excluding hydrogens is 362 g/mol. The monoisotopic (exact) mass is 377 g/mol. The number of hydrogen-bond donors (Lipinski definition) is 1. The van der Waals surface area contributed by atoms with Crippen LogP contribution in [-0.4, -0.2) is 34.5 Å². The highest BCUT2D eigenvalue weighted by atomic mass is 79.9. The smallest absolute Gasteiger partial charge is 0.254 e. The predicted octanol–water partition coefficient (Wildman–Crippen LogP) is 2.99. The number of rotatable bonds is 3. The SMILES string of the molecule is Cc1cc(NC(=O)[C@@H]2CCCN2C(=O)c2ccc(Br)cc2)no1. The van der Waals surface area contributed by atoms with Crippen LogP contribution in [0, 0.1) is 6.92 Å². The van der Waals surface area contributed by atoms with Crippen molar-refractivity contribution in [3.63, 3.8) is 0 Å². The van der Waals surface area contributed by atoms with Gasteiger partial charge in [0.15, 0.2) is 5.82 Å². The third-order valence-electron chi connectivity index (χ3n) is 3.79. The molecule has 2 amide bonds. The molecule has 2 heterocycles. The van der Waals surface area contributed by atoms with Gasteiger partial charge in [-0.15, -0.1) is 0 Å². The molecule has 1 atom stereocenters. The Morgan fingerprint density at radius 3 is 2.74 bits per heavy atom. The van der Waals surface area contributed by atoms with E-state index in [-0.39, 0.29) is 11.8 Å². The summed E-state index contributed by atoms with van der Waals surface area (Å²) in [7, 11) is 0. The molecule has 2 aromatic rings. The van der Waals surface area contributed by atoms with E-state index in [1.165, 1.54) is 0 Å². The maximum absolute atomic E-state index is 12.6. The van der Waals surface area contributed by atoms with Crippen molar-refractivity contribution in [2.45, 2.75) is 25.8 Å². The zero-order valence-corrected chi connectivity index (χ0v) is 14.2. The van der Waals surface area contributed by atoms with Crippen LogP contribution >= 0.6 is 15.9 Å². The highest BCUT2D eigenvalue weighted by Crippen LogP contribution is 2.22. The van der Waals surface area contributed by atoms with Gasteiger partial charge in [0.25, 0.3) is 5.91 Å². The molecule has 1 aliphatic heterocycles. The molecule has 1 aromatic heterocycles. The first kappa shape index (κ1) is 15.7. The third kappa shape index (κ3) is 3.44. The number of aromatic nitrogens is 1. The topological polar surface area (TPSA) is 75.4 Å². The number of carbonyl (C=O) groups excluding carboxylic acids is 2. The summed E-state index contributed by atoms with van der Waals surface area (Å²) in [6.07, 6.45) is 1.45. The number of amides is 2. The Bertz CT molecular complexity index is 726. The van der Waals surface area contributed by atoms with E-state index >= 15 is 0 Å². The summed E-state index contributed by atoms with van der Waals surface area (Å²) in [4.78, 5) is 26.7. The van der Waals surface area contributed by atoms with Gasteiger partial charge in [-0.25, -0.2) is 0 Å². The van der Waals surface area contributed by atoms with Crippen LogP contribution in [0.5, 0.6) is 0 Å². The number of carbonyl (C=O) groups is 2. The molecule has 0 spiro atoms. The lowest BCUT2D eigenvalue weighted by molar-refractivity contribution is -0.119. The van der Waals surface area contributed by atoms with E-state index in [0.29, 0.717) is 30.1 Å². The number of aryl methyl sites for hydroxylation is 1. The van der Waals surface area contributed by atoms with Crippen LogP contribution in [0.2, 0.25) is 0 Å². The van der Waals surface area contributed by atoms with Crippen molar-refractivity contribution >= 4 is 33.6 Å². The van der Waals surface area contributed by atoms with Gasteiger partial charge in [0.05, 0.1) is 0 Å². The second kappa shape index (κ2) is 6.54. The molecule has 0 bridgehead atoms. The predicted molar refractivity (Wildman–Crippen MR) is 88.1 cm³/mol. The van der Waals surface area contributed by atoms with Crippen LogP contribution < -0.4 is 5.32 Å².